The van der Waals surface area contributed by atoms with Crippen LogP contribution in [0.5, 0.6) is 0 Å². The van der Waals surface area contributed by atoms with E-state index < -0.39 is 20.2 Å². The third-order valence-corrected chi connectivity index (χ3v) is 0. The molecule has 0 rings (SSSR count). The van der Waals surface area contributed by atoms with Crippen LogP contribution in [0.4, 0.5) is 0 Å². The standard InChI is InChI=1S/2CH4O3S.Mn/c2*1-5(2,3)4;/h2*1H3,(H,2,3,4);/q;;+2/p-2. The summed E-state index contributed by atoms with van der Waals surface area (Å²) in [6.07, 6.45) is 1.21. The predicted molar refractivity (Wildman–Crippen MR) is 31.2 cm³/mol. The zero-order valence-electron chi connectivity index (χ0n) is 5.64. The van der Waals surface area contributed by atoms with Crippen LogP contribution in [-0.2, 0) is 37.3 Å². The Morgan fingerprint density at radius 1 is 0.818 bits per heavy atom. The van der Waals surface area contributed by atoms with E-state index in [4.69, 9.17) is 25.9 Å². The first-order chi connectivity index (χ1) is 4.00. The van der Waals surface area contributed by atoms with Gasteiger partial charge in [0.05, 0.1) is 20.2 Å². The molecule has 0 fully saturated rings. The second-order valence-electron chi connectivity index (χ2n) is 1.41. The minimum Gasteiger partial charge on any atom is -0.748 e. The minimum absolute atomic E-state index is 0. The van der Waals surface area contributed by atoms with E-state index in [1.807, 2.05) is 0 Å². The van der Waals surface area contributed by atoms with Crippen LogP contribution < -0.4 is 0 Å². The summed E-state index contributed by atoms with van der Waals surface area (Å²) in [5.74, 6) is 0. The maximum absolute atomic E-state index is 9.08. The monoisotopic (exact) mass is 245 g/mol. The molecule has 0 aromatic rings. The Labute approximate surface area is 76.0 Å². The molecule has 0 saturated heterocycles. The predicted octanol–water partition coefficient (Wildman–Crippen LogP) is -1.68. The van der Waals surface area contributed by atoms with Crippen LogP contribution in [0.3, 0.4) is 0 Å². The molecule has 1 radical (unpaired) electrons. The van der Waals surface area contributed by atoms with Gasteiger partial charge >= 0.3 is 17.1 Å². The Morgan fingerprint density at radius 3 is 0.818 bits per heavy atom. The van der Waals surface area contributed by atoms with Gasteiger partial charge in [-0.1, -0.05) is 0 Å². The third kappa shape index (κ3) is 6240. The molecule has 0 unspecified atom stereocenters. The zero-order chi connectivity index (χ0) is 9.00. The van der Waals surface area contributed by atoms with Crippen molar-refractivity contribution in [1.29, 1.82) is 0 Å². The summed E-state index contributed by atoms with van der Waals surface area (Å²) in [4.78, 5) is 0. The number of hydrogen-bond donors (Lipinski definition) is 0. The van der Waals surface area contributed by atoms with Gasteiger partial charge in [-0.05, 0) is 0 Å². The SMILES string of the molecule is CS(=O)(=O)[O-].CS(=O)(=O)[O-].[Mn+2]. The summed E-state index contributed by atoms with van der Waals surface area (Å²) in [7, 11) is -7.83. The summed E-state index contributed by atoms with van der Waals surface area (Å²) in [5.41, 5.74) is 0. The van der Waals surface area contributed by atoms with E-state index in [1.54, 1.807) is 0 Å². The molecule has 0 aromatic heterocycles. The molecule has 0 atom stereocenters. The molecular weight excluding hydrogens is 239 g/mol. The molecular formula is C2H6MnO6S2. The molecule has 0 saturated carbocycles. The average molecular weight is 245 g/mol. The molecule has 9 heteroatoms. The Balaban J connectivity index is -0.000000107. The van der Waals surface area contributed by atoms with Gasteiger partial charge in [-0.2, -0.15) is 0 Å². The Kier molecular flexibility index (Phi) is 9.39. The van der Waals surface area contributed by atoms with Crippen molar-refractivity contribution in [2.45, 2.75) is 0 Å². The van der Waals surface area contributed by atoms with Crippen LogP contribution in [0.2, 0.25) is 0 Å². The molecule has 6 nitrogen and oxygen atoms in total. The first-order valence-electron chi connectivity index (χ1n) is 1.82. The van der Waals surface area contributed by atoms with E-state index in [0.717, 1.165) is 0 Å². The van der Waals surface area contributed by atoms with E-state index in [9.17, 15) is 0 Å². The Hall–Kier alpha value is 0.339. The number of hydrogen-bond acceptors (Lipinski definition) is 6. The van der Waals surface area contributed by atoms with E-state index in [1.165, 1.54) is 0 Å². The molecule has 0 aliphatic carbocycles. The Morgan fingerprint density at radius 2 is 0.818 bits per heavy atom. The van der Waals surface area contributed by atoms with Gasteiger partial charge in [0.2, 0.25) is 0 Å². The fraction of sp³-hybridized carbons (Fsp3) is 1.00. The van der Waals surface area contributed by atoms with Crippen molar-refractivity contribution in [1.82, 2.24) is 0 Å². The Bertz CT molecular complexity index is 215. The van der Waals surface area contributed by atoms with E-state index in [2.05, 4.69) is 0 Å². The van der Waals surface area contributed by atoms with Crippen LogP contribution in [0, 0.1) is 0 Å². The normalized spacial score (nSPS) is 10.5. The topological polar surface area (TPSA) is 114 Å². The number of rotatable bonds is 0. The van der Waals surface area contributed by atoms with Gasteiger partial charge in [0.15, 0.2) is 0 Å². The van der Waals surface area contributed by atoms with Gasteiger partial charge in [-0.3, -0.25) is 0 Å². The maximum atomic E-state index is 9.08. The molecule has 11 heavy (non-hydrogen) atoms. The molecule has 0 spiro atoms. The van der Waals surface area contributed by atoms with Crippen molar-refractivity contribution in [2.24, 2.45) is 0 Å². The molecule has 0 bridgehead atoms. The first kappa shape index (κ1) is 17.4. The van der Waals surface area contributed by atoms with Crippen LogP contribution in [0.1, 0.15) is 0 Å². The first-order valence-corrected chi connectivity index (χ1v) is 5.45. The molecule has 0 aliphatic heterocycles. The largest absolute Gasteiger partial charge is 2.00 e. The third-order valence-electron chi connectivity index (χ3n) is 0. The molecule has 0 heterocycles. The fourth-order valence-electron chi connectivity index (χ4n) is 0. The van der Waals surface area contributed by atoms with Crippen molar-refractivity contribution in [2.75, 3.05) is 12.5 Å². The van der Waals surface area contributed by atoms with Crippen LogP contribution in [0.25, 0.3) is 0 Å². The van der Waals surface area contributed by atoms with Crippen LogP contribution in [-0.4, -0.2) is 38.5 Å². The average Bonchev–Trinajstić information content (AvgIpc) is 1.12. The van der Waals surface area contributed by atoms with Gasteiger partial charge in [0.1, 0.15) is 0 Å². The summed E-state index contributed by atoms with van der Waals surface area (Å²) in [6.45, 7) is 0. The maximum Gasteiger partial charge on any atom is 2.00 e. The van der Waals surface area contributed by atoms with Crippen molar-refractivity contribution in [3.05, 3.63) is 0 Å². The van der Waals surface area contributed by atoms with Gasteiger partial charge in [-0.25, -0.2) is 16.8 Å². The second-order valence-corrected chi connectivity index (χ2v) is 4.22. The molecule has 0 amide bonds. The molecule has 0 N–H and O–H groups in total. The summed E-state index contributed by atoms with van der Waals surface area (Å²) >= 11 is 0. The summed E-state index contributed by atoms with van der Waals surface area (Å²) < 4.78 is 54.5. The zero-order valence-corrected chi connectivity index (χ0v) is 8.46. The van der Waals surface area contributed by atoms with Gasteiger partial charge < -0.3 is 9.11 Å². The summed E-state index contributed by atoms with van der Waals surface area (Å²) in [6, 6.07) is 0. The van der Waals surface area contributed by atoms with Gasteiger partial charge in [-0.15, -0.1) is 0 Å². The van der Waals surface area contributed by atoms with Gasteiger partial charge in [0.25, 0.3) is 0 Å². The smallest absolute Gasteiger partial charge is 0.748 e. The van der Waals surface area contributed by atoms with Crippen molar-refractivity contribution < 1.29 is 43.0 Å². The summed E-state index contributed by atoms with van der Waals surface area (Å²) in [5, 5.41) is 0. The van der Waals surface area contributed by atoms with Crippen molar-refractivity contribution in [3.63, 3.8) is 0 Å². The minimum atomic E-state index is -3.92. The van der Waals surface area contributed by atoms with Crippen LogP contribution in [0.15, 0.2) is 0 Å². The second kappa shape index (κ2) is 5.92. The molecule has 0 aromatic carbocycles. The van der Waals surface area contributed by atoms with E-state index in [0.29, 0.717) is 12.5 Å². The molecule has 0 aliphatic rings. The van der Waals surface area contributed by atoms with E-state index >= 15 is 0 Å². The molecule has 69 valence electrons. The van der Waals surface area contributed by atoms with Gasteiger partial charge in [0, 0.05) is 12.5 Å². The van der Waals surface area contributed by atoms with Crippen LogP contribution >= 0.6 is 0 Å². The van der Waals surface area contributed by atoms with Crippen molar-refractivity contribution in [3.8, 4) is 0 Å². The van der Waals surface area contributed by atoms with Crippen molar-refractivity contribution >= 4 is 20.2 Å². The quantitative estimate of drug-likeness (QED) is 0.372. The van der Waals surface area contributed by atoms with E-state index in [-0.39, 0.29) is 17.1 Å². The fourth-order valence-corrected chi connectivity index (χ4v) is 0.